The highest BCUT2D eigenvalue weighted by Gasteiger charge is 2.35. The normalized spacial score (nSPS) is 16.3. The molecular weight excluding hydrogens is 463 g/mol. The minimum absolute atomic E-state index is 0.0446. The van der Waals surface area contributed by atoms with E-state index in [0.717, 1.165) is 0 Å². The molecule has 1 atom stereocenters. The number of halogens is 4. The lowest BCUT2D eigenvalue weighted by atomic mass is 10.2. The first-order valence-electron chi connectivity index (χ1n) is 10.0. The Morgan fingerprint density at radius 3 is 2.82 bits per heavy atom. The molecule has 1 aliphatic heterocycles. The number of aromatic amines is 1. The maximum atomic E-state index is 12.6. The van der Waals surface area contributed by atoms with Gasteiger partial charge in [-0.15, -0.1) is 0 Å². The first-order valence-corrected chi connectivity index (χ1v) is 10.4. The Labute approximate surface area is 190 Å². The van der Waals surface area contributed by atoms with Crippen molar-refractivity contribution in [2.45, 2.75) is 25.1 Å². The number of carbonyl (C=O) groups excluding carboxylic acids is 2. The number of carbonyl (C=O) groups is 2. The van der Waals surface area contributed by atoms with Crippen LogP contribution < -0.4 is 15.5 Å². The van der Waals surface area contributed by atoms with Crippen molar-refractivity contribution in [3.05, 3.63) is 35.2 Å². The quantitative estimate of drug-likeness (QED) is 0.516. The summed E-state index contributed by atoms with van der Waals surface area (Å²) < 4.78 is 37.7. The molecule has 1 aliphatic rings. The Hall–Kier alpha value is -3.41. The van der Waals surface area contributed by atoms with Gasteiger partial charge >= 0.3 is 6.18 Å². The van der Waals surface area contributed by atoms with Gasteiger partial charge in [0.1, 0.15) is 29.7 Å². The van der Waals surface area contributed by atoms with Crippen molar-refractivity contribution in [3.8, 4) is 11.4 Å². The van der Waals surface area contributed by atoms with Crippen LogP contribution in [0.5, 0.6) is 0 Å². The Balaban J connectivity index is 1.74. The molecule has 0 aromatic carbocycles. The summed E-state index contributed by atoms with van der Waals surface area (Å²) in [5.74, 6) is -0.793. The van der Waals surface area contributed by atoms with Gasteiger partial charge in [-0.25, -0.2) is 15.0 Å². The van der Waals surface area contributed by atoms with Crippen LogP contribution in [0, 0.1) is 0 Å². The molecule has 0 saturated carbocycles. The zero-order valence-electron chi connectivity index (χ0n) is 17.3. The molecule has 1 fully saturated rings. The van der Waals surface area contributed by atoms with Crippen LogP contribution in [-0.4, -0.2) is 64.1 Å². The second kappa shape index (κ2) is 8.85. The molecule has 3 N–H and O–H groups in total. The van der Waals surface area contributed by atoms with E-state index < -0.39 is 30.6 Å². The van der Waals surface area contributed by atoms with Gasteiger partial charge in [-0.3, -0.25) is 9.59 Å². The van der Waals surface area contributed by atoms with Crippen LogP contribution in [0.25, 0.3) is 22.4 Å². The number of nitrogens with one attached hydrogen (secondary N) is 3. The van der Waals surface area contributed by atoms with Crippen molar-refractivity contribution in [1.29, 1.82) is 0 Å². The maximum Gasteiger partial charge on any atom is 0.405 e. The number of fused-ring (bicyclic) bond motifs is 1. The number of rotatable bonds is 5. The molecule has 2 amide bonds. The standard InChI is InChI=1S/C20H19ClF3N7O2/c1-25-18(32)13-6-15(31-4-2-3-14(31)19(33)28-9-20(22,23)24)30-17(29-13)12-8-27-16-11(12)5-10(21)7-26-16/h5-8,14H,2-4,9H2,1H3,(H,25,32)(H,26,27)(H,28,33)/t14-/m1/s1. The smallest absolute Gasteiger partial charge is 0.354 e. The lowest BCUT2D eigenvalue weighted by Gasteiger charge is -2.25. The van der Waals surface area contributed by atoms with Gasteiger partial charge in [0.2, 0.25) is 5.91 Å². The van der Waals surface area contributed by atoms with Gasteiger partial charge in [-0.05, 0) is 18.9 Å². The monoisotopic (exact) mass is 481 g/mol. The summed E-state index contributed by atoms with van der Waals surface area (Å²) in [6, 6.07) is 2.23. The predicted octanol–water partition coefficient (Wildman–Crippen LogP) is 2.68. The van der Waals surface area contributed by atoms with E-state index in [2.05, 4.69) is 25.3 Å². The van der Waals surface area contributed by atoms with Crippen LogP contribution >= 0.6 is 11.6 Å². The molecule has 3 aromatic rings. The van der Waals surface area contributed by atoms with Crippen LogP contribution in [0.1, 0.15) is 23.3 Å². The van der Waals surface area contributed by atoms with Crippen LogP contribution in [0.4, 0.5) is 19.0 Å². The van der Waals surface area contributed by atoms with E-state index in [9.17, 15) is 22.8 Å². The summed E-state index contributed by atoms with van der Waals surface area (Å²) >= 11 is 6.08. The summed E-state index contributed by atoms with van der Waals surface area (Å²) in [5.41, 5.74) is 1.11. The number of anilines is 1. The number of hydrogen-bond donors (Lipinski definition) is 3. The summed E-state index contributed by atoms with van der Waals surface area (Å²) in [6.45, 7) is -1.03. The largest absolute Gasteiger partial charge is 0.405 e. The van der Waals surface area contributed by atoms with Crippen molar-refractivity contribution < 1.29 is 22.8 Å². The second-order valence-electron chi connectivity index (χ2n) is 7.45. The lowest BCUT2D eigenvalue weighted by molar-refractivity contribution is -0.139. The Kier molecular flexibility index (Phi) is 6.11. The Morgan fingerprint density at radius 2 is 2.09 bits per heavy atom. The predicted molar refractivity (Wildman–Crippen MR) is 115 cm³/mol. The molecular formula is C20H19ClF3N7O2. The summed E-state index contributed by atoms with van der Waals surface area (Å²) in [5, 5.41) is 5.45. The fourth-order valence-electron chi connectivity index (χ4n) is 3.73. The SMILES string of the molecule is CNC(=O)c1cc(N2CCC[C@@H]2C(=O)NCC(F)(F)F)nc(-c2c[nH]c3ncc(Cl)cc23)n1. The number of pyridine rings is 1. The minimum Gasteiger partial charge on any atom is -0.354 e. The van der Waals surface area contributed by atoms with Gasteiger partial charge in [0.05, 0.1) is 5.02 Å². The van der Waals surface area contributed by atoms with Gasteiger partial charge in [-0.1, -0.05) is 11.6 Å². The molecule has 0 bridgehead atoms. The second-order valence-corrected chi connectivity index (χ2v) is 7.89. The first-order chi connectivity index (χ1) is 15.7. The third-order valence-electron chi connectivity index (χ3n) is 5.22. The molecule has 0 radical (unpaired) electrons. The minimum atomic E-state index is -4.52. The molecule has 13 heteroatoms. The van der Waals surface area contributed by atoms with Gasteiger partial charge < -0.3 is 20.5 Å². The van der Waals surface area contributed by atoms with Crippen molar-refractivity contribution in [1.82, 2.24) is 30.6 Å². The van der Waals surface area contributed by atoms with Crippen LogP contribution in [0.2, 0.25) is 5.02 Å². The van der Waals surface area contributed by atoms with Crippen molar-refractivity contribution in [2.75, 3.05) is 25.0 Å². The van der Waals surface area contributed by atoms with Crippen LogP contribution in [0.3, 0.4) is 0 Å². The van der Waals surface area contributed by atoms with Gasteiger partial charge in [-0.2, -0.15) is 13.2 Å². The van der Waals surface area contributed by atoms with E-state index in [1.54, 1.807) is 17.2 Å². The van der Waals surface area contributed by atoms with Crippen LogP contribution in [0.15, 0.2) is 24.5 Å². The molecule has 0 spiro atoms. The van der Waals surface area contributed by atoms with E-state index >= 15 is 0 Å². The number of alkyl halides is 3. The zero-order chi connectivity index (χ0) is 23.8. The third kappa shape index (κ3) is 4.85. The van der Waals surface area contributed by atoms with Gasteiger partial charge in [0.15, 0.2) is 5.82 Å². The molecule has 1 saturated heterocycles. The number of aromatic nitrogens is 4. The third-order valence-corrected chi connectivity index (χ3v) is 5.43. The number of amides is 2. The van der Waals surface area contributed by atoms with Crippen molar-refractivity contribution in [2.24, 2.45) is 0 Å². The van der Waals surface area contributed by atoms with E-state index in [4.69, 9.17) is 11.6 Å². The van der Waals surface area contributed by atoms with E-state index in [-0.39, 0.29) is 17.3 Å². The van der Waals surface area contributed by atoms with Gasteiger partial charge in [0.25, 0.3) is 5.91 Å². The van der Waals surface area contributed by atoms with E-state index in [0.29, 0.717) is 41.0 Å². The fourth-order valence-corrected chi connectivity index (χ4v) is 3.89. The van der Waals surface area contributed by atoms with Crippen molar-refractivity contribution >= 4 is 40.3 Å². The molecule has 3 aromatic heterocycles. The fraction of sp³-hybridized carbons (Fsp3) is 0.350. The molecule has 0 unspecified atom stereocenters. The van der Waals surface area contributed by atoms with E-state index in [1.165, 1.54) is 19.3 Å². The molecule has 4 rings (SSSR count). The first kappa shape index (κ1) is 22.8. The molecule has 174 valence electrons. The van der Waals surface area contributed by atoms with Gasteiger partial charge in [0, 0.05) is 43.0 Å². The average Bonchev–Trinajstić information content (AvgIpc) is 3.43. The molecule has 4 heterocycles. The highest BCUT2D eigenvalue weighted by molar-refractivity contribution is 6.31. The summed E-state index contributed by atoms with van der Waals surface area (Å²) in [7, 11) is 1.45. The van der Waals surface area contributed by atoms with Crippen molar-refractivity contribution in [3.63, 3.8) is 0 Å². The maximum absolute atomic E-state index is 12.6. The molecule has 9 nitrogen and oxygen atoms in total. The zero-order valence-corrected chi connectivity index (χ0v) is 18.1. The highest BCUT2D eigenvalue weighted by Crippen LogP contribution is 2.31. The Bertz CT molecular complexity index is 1210. The van der Waals surface area contributed by atoms with E-state index in [1.807, 2.05) is 5.32 Å². The molecule has 33 heavy (non-hydrogen) atoms. The average molecular weight is 482 g/mol. The topological polar surface area (TPSA) is 116 Å². The lowest BCUT2D eigenvalue weighted by Crippen LogP contribution is -2.46. The molecule has 0 aliphatic carbocycles. The highest BCUT2D eigenvalue weighted by atomic mass is 35.5. The number of hydrogen-bond acceptors (Lipinski definition) is 6. The van der Waals surface area contributed by atoms with Crippen LogP contribution in [-0.2, 0) is 4.79 Å². The summed E-state index contributed by atoms with van der Waals surface area (Å²) in [6.07, 6.45) is -0.488. The summed E-state index contributed by atoms with van der Waals surface area (Å²) in [4.78, 5) is 42.5. The number of H-pyrrole nitrogens is 1. The Morgan fingerprint density at radius 1 is 1.30 bits per heavy atom. The number of nitrogens with zero attached hydrogens (tertiary/aromatic N) is 4.